The molecule has 4 aliphatic rings. The van der Waals surface area contributed by atoms with Crippen molar-refractivity contribution >= 4 is 11.6 Å². The van der Waals surface area contributed by atoms with Crippen molar-refractivity contribution < 1.29 is 9.59 Å². The van der Waals surface area contributed by atoms with E-state index in [2.05, 4.69) is 6.92 Å². The van der Waals surface area contributed by atoms with Crippen LogP contribution in [0.1, 0.15) is 85.5 Å². The van der Waals surface area contributed by atoms with Crippen LogP contribution in [0.4, 0.5) is 0 Å². The molecular formula is C22H36O2. The van der Waals surface area contributed by atoms with Gasteiger partial charge in [-0.25, -0.2) is 0 Å². The van der Waals surface area contributed by atoms with Crippen molar-refractivity contribution in [2.24, 2.45) is 40.9 Å². The lowest BCUT2D eigenvalue weighted by molar-refractivity contribution is -0.132. The Bertz CT molecular complexity index is 496. The van der Waals surface area contributed by atoms with Gasteiger partial charge in [0.1, 0.15) is 11.6 Å². The number of carbonyl (C=O) groups is 2. The molecule has 136 valence electrons. The average Bonchev–Trinajstić information content (AvgIpc) is 2.93. The topological polar surface area (TPSA) is 34.1 Å². The van der Waals surface area contributed by atoms with Gasteiger partial charge in [-0.3, -0.25) is 9.59 Å². The van der Waals surface area contributed by atoms with Crippen LogP contribution >= 0.6 is 0 Å². The predicted octanol–water partition coefficient (Wildman–Crippen LogP) is 5.44. The van der Waals surface area contributed by atoms with Gasteiger partial charge in [0.2, 0.25) is 0 Å². The lowest BCUT2D eigenvalue weighted by Crippen LogP contribution is -2.49. The van der Waals surface area contributed by atoms with Crippen LogP contribution in [0.15, 0.2) is 0 Å². The van der Waals surface area contributed by atoms with E-state index in [4.69, 9.17) is 0 Å². The van der Waals surface area contributed by atoms with Crippen LogP contribution < -0.4 is 0 Å². The third-order valence-corrected chi connectivity index (χ3v) is 8.26. The molecule has 24 heavy (non-hydrogen) atoms. The summed E-state index contributed by atoms with van der Waals surface area (Å²) in [7, 11) is 0. The molecule has 0 spiro atoms. The van der Waals surface area contributed by atoms with E-state index in [0.29, 0.717) is 23.4 Å². The maximum absolute atomic E-state index is 12.1. The summed E-state index contributed by atoms with van der Waals surface area (Å²) in [6.45, 7) is 8.23. The van der Waals surface area contributed by atoms with Gasteiger partial charge in [0.25, 0.3) is 0 Å². The maximum Gasteiger partial charge on any atom is 0.133 e. The number of fused-ring (bicyclic) bond motifs is 5. The first-order chi connectivity index (χ1) is 11.5. The van der Waals surface area contributed by atoms with Gasteiger partial charge in [0.15, 0.2) is 0 Å². The van der Waals surface area contributed by atoms with Crippen LogP contribution in [0.2, 0.25) is 0 Å². The fourth-order valence-electron chi connectivity index (χ4n) is 7.33. The predicted molar refractivity (Wildman–Crippen MR) is 97.6 cm³/mol. The van der Waals surface area contributed by atoms with Crippen molar-refractivity contribution in [1.29, 1.82) is 0 Å². The highest BCUT2D eigenvalue weighted by Crippen LogP contribution is 2.64. The lowest BCUT2D eigenvalue weighted by Gasteiger charge is -2.55. The SMILES string of the molecule is CC.CC(=O)C1CCC2C3CCC4CC(=O)CCC4C3CCC12C. The summed E-state index contributed by atoms with van der Waals surface area (Å²) in [6.07, 6.45) is 10.4. The van der Waals surface area contributed by atoms with Gasteiger partial charge >= 0.3 is 0 Å². The molecule has 2 heteroatoms. The van der Waals surface area contributed by atoms with Crippen LogP contribution in [0.25, 0.3) is 0 Å². The molecule has 0 aromatic heterocycles. The molecule has 0 N–H and O–H groups in total. The van der Waals surface area contributed by atoms with E-state index < -0.39 is 0 Å². The highest BCUT2D eigenvalue weighted by Gasteiger charge is 2.57. The summed E-state index contributed by atoms with van der Waals surface area (Å²) in [6, 6.07) is 0. The molecule has 0 radical (unpaired) electrons. The summed E-state index contributed by atoms with van der Waals surface area (Å²) in [4.78, 5) is 23.9. The van der Waals surface area contributed by atoms with E-state index in [1.165, 1.54) is 32.1 Å². The van der Waals surface area contributed by atoms with Crippen LogP contribution in [0.5, 0.6) is 0 Å². The Kier molecular flexibility index (Phi) is 5.23. The van der Waals surface area contributed by atoms with Crippen LogP contribution in [-0.2, 0) is 9.59 Å². The van der Waals surface area contributed by atoms with Gasteiger partial charge in [0.05, 0.1) is 0 Å². The van der Waals surface area contributed by atoms with E-state index in [0.717, 1.165) is 49.4 Å². The van der Waals surface area contributed by atoms with Crippen LogP contribution in [-0.4, -0.2) is 11.6 Å². The Morgan fingerprint density at radius 1 is 0.958 bits per heavy atom. The first-order valence-electron chi connectivity index (χ1n) is 10.5. The molecule has 4 saturated carbocycles. The molecular weight excluding hydrogens is 296 g/mol. The minimum atomic E-state index is 0.282. The van der Waals surface area contributed by atoms with Crippen LogP contribution in [0, 0.1) is 40.9 Å². The summed E-state index contributed by atoms with van der Waals surface area (Å²) >= 11 is 0. The number of hydrogen-bond donors (Lipinski definition) is 0. The summed E-state index contributed by atoms with van der Waals surface area (Å²) in [5, 5.41) is 0. The monoisotopic (exact) mass is 332 g/mol. The van der Waals surface area contributed by atoms with Gasteiger partial charge in [-0.2, -0.15) is 0 Å². The zero-order chi connectivity index (χ0) is 17.5. The van der Waals surface area contributed by atoms with Crippen LogP contribution in [0.3, 0.4) is 0 Å². The largest absolute Gasteiger partial charge is 0.300 e. The second-order valence-corrected chi connectivity index (χ2v) is 9.00. The number of carbonyl (C=O) groups excluding carboxylic acids is 2. The highest BCUT2D eigenvalue weighted by molar-refractivity contribution is 5.80. The third kappa shape index (κ3) is 2.78. The van der Waals surface area contributed by atoms with Gasteiger partial charge in [-0.05, 0) is 86.9 Å². The Balaban J connectivity index is 0.000000815. The number of ketones is 2. The van der Waals surface area contributed by atoms with Crippen molar-refractivity contribution in [3.63, 3.8) is 0 Å². The van der Waals surface area contributed by atoms with E-state index in [-0.39, 0.29) is 5.41 Å². The molecule has 0 bridgehead atoms. The molecule has 0 heterocycles. The van der Waals surface area contributed by atoms with Gasteiger partial charge < -0.3 is 0 Å². The zero-order valence-corrected chi connectivity index (χ0v) is 16.1. The van der Waals surface area contributed by atoms with E-state index >= 15 is 0 Å². The Hall–Kier alpha value is -0.660. The Morgan fingerprint density at radius 2 is 1.71 bits per heavy atom. The minimum Gasteiger partial charge on any atom is -0.300 e. The van der Waals surface area contributed by atoms with E-state index in [9.17, 15) is 9.59 Å². The Labute approximate surface area is 148 Å². The molecule has 0 aromatic rings. The standard InChI is InChI=1S/C20H30O2.C2H6/c1-12(21)18-7-8-19-17-5-3-13-11-14(22)4-6-15(13)16(17)9-10-20(18,19)2;1-2/h13,15-19H,3-11H2,1-2H3;1-2H3. The van der Waals surface area contributed by atoms with Gasteiger partial charge in [-0.1, -0.05) is 20.8 Å². The van der Waals surface area contributed by atoms with Crippen molar-refractivity contribution in [2.75, 3.05) is 0 Å². The van der Waals surface area contributed by atoms with Gasteiger partial charge in [-0.15, -0.1) is 0 Å². The molecule has 0 aliphatic heterocycles. The zero-order valence-electron chi connectivity index (χ0n) is 16.1. The number of rotatable bonds is 1. The smallest absolute Gasteiger partial charge is 0.133 e. The first kappa shape index (κ1) is 18.1. The summed E-state index contributed by atoms with van der Waals surface area (Å²) in [5.74, 6) is 5.25. The normalized spacial score (nSPS) is 46.9. The minimum absolute atomic E-state index is 0.282. The molecule has 0 amide bonds. The van der Waals surface area contributed by atoms with Crippen molar-refractivity contribution in [2.45, 2.75) is 85.5 Å². The fraction of sp³-hybridized carbons (Fsp3) is 0.909. The van der Waals surface area contributed by atoms with Gasteiger partial charge in [0, 0.05) is 18.8 Å². The first-order valence-corrected chi connectivity index (χ1v) is 10.5. The molecule has 0 aromatic carbocycles. The number of Topliss-reactive ketones (excluding diaryl/α,β-unsaturated/α-hetero) is 2. The average molecular weight is 333 g/mol. The lowest BCUT2D eigenvalue weighted by atomic mass is 9.49. The molecule has 4 rings (SSSR count). The molecule has 2 nitrogen and oxygen atoms in total. The number of hydrogen-bond acceptors (Lipinski definition) is 2. The Morgan fingerprint density at radius 3 is 2.42 bits per heavy atom. The molecule has 7 unspecified atom stereocenters. The maximum atomic E-state index is 12.1. The summed E-state index contributed by atoms with van der Waals surface area (Å²) < 4.78 is 0. The van der Waals surface area contributed by atoms with E-state index in [1.54, 1.807) is 0 Å². The van der Waals surface area contributed by atoms with Crippen molar-refractivity contribution in [1.82, 2.24) is 0 Å². The fourth-order valence-corrected chi connectivity index (χ4v) is 7.33. The molecule has 4 aliphatic carbocycles. The van der Waals surface area contributed by atoms with Crippen molar-refractivity contribution in [3.8, 4) is 0 Å². The quantitative estimate of drug-likeness (QED) is 0.641. The second-order valence-electron chi connectivity index (χ2n) is 9.00. The second kappa shape index (κ2) is 6.92. The molecule has 0 saturated heterocycles. The van der Waals surface area contributed by atoms with Crippen molar-refractivity contribution in [3.05, 3.63) is 0 Å². The summed E-state index contributed by atoms with van der Waals surface area (Å²) in [5.41, 5.74) is 0.282. The highest BCUT2D eigenvalue weighted by atomic mass is 16.1. The molecule has 4 fully saturated rings. The third-order valence-electron chi connectivity index (χ3n) is 8.26. The molecule has 7 atom stereocenters. The van der Waals surface area contributed by atoms with E-state index in [1.807, 2.05) is 20.8 Å².